The Balaban J connectivity index is 1.11. The van der Waals surface area contributed by atoms with Gasteiger partial charge in [-0.25, -0.2) is 0 Å². The van der Waals surface area contributed by atoms with Crippen LogP contribution in [-0.4, -0.2) is 53.4 Å². The molecule has 4 aromatic carbocycles. The van der Waals surface area contributed by atoms with Gasteiger partial charge in [0.1, 0.15) is 11.4 Å². The number of nitrogens with two attached hydrogens (primary N) is 2. The largest absolute Gasteiger partial charge is 0.397 e. The molecule has 0 unspecified atom stereocenters. The van der Waals surface area contributed by atoms with E-state index in [2.05, 4.69) is 92.3 Å². The summed E-state index contributed by atoms with van der Waals surface area (Å²) in [6, 6.07) is 28.4. The predicted molar refractivity (Wildman–Crippen MR) is 204 cm³/mol. The van der Waals surface area contributed by atoms with Gasteiger partial charge in [-0.05, 0) is 97.8 Å². The van der Waals surface area contributed by atoms with E-state index >= 15 is 0 Å². The lowest BCUT2D eigenvalue weighted by molar-refractivity contribution is 0.653. The smallest absolute Gasteiger partial charge is 0.109 e. The summed E-state index contributed by atoms with van der Waals surface area (Å²) >= 11 is 0. The highest BCUT2D eigenvalue weighted by atomic mass is 15.3. The van der Waals surface area contributed by atoms with Crippen molar-refractivity contribution in [1.82, 2.24) is 0 Å². The number of azo groups is 2. The van der Waals surface area contributed by atoms with Gasteiger partial charge in [-0.3, -0.25) is 0 Å². The molecule has 0 bridgehead atoms. The normalized spacial score (nSPS) is 13.5. The van der Waals surface area contributed by atoms with Crippen molar-refractivity contribution in [1.29, 1.82) is 0 Å². The molecule has 0 amide bonds. The van der Waals surface area contributed by atoms with Gasteiger partial charge in [-0.15, -0.1) is 10.2 Å². The number of unbranched alkanes of at least 4 members (excludes halogenated alkanes) is 2. The standard InChI is InChI=1S/C38H50N10/c1-5-7-21-45(3)33-17-19-37(35(39)27-33)43-41-29-9-13-31(14-10-29)47-23-25-48(26-24-47)32-15-11-30(12-16-32)42-44-38-20-18-34(28-36(38)40)46(4)22-8-6-2/h9-20,27-28H,5-8,21-26,39-40H2,1-4H3. The summed E-state index contributed by atoms with van der Waals surface area (Å²) in [6.07, 6.45) is 4.62. The molecule has 48 heavy (non-hydrogen) atoms. The fourth-order valence-corrected chi connectivity index (χ4v) is 5.70. The van der Waals surface area contributed by atoms with E-state index in [1.807, 2.05) is 60.7 Å². The third-order valence-corrected chi connectivity index (χ3v) is 8.85. The Morgan fingerprint density at radius 3 is 1.25 bits per heavy atom. The molecule has 10 nitrogen and oxygen atoms in total. The Kier molecular flexibility index (Phi) is 11.9. The molecular formula is C38H50N10. The Morgan fingerprint density at radius 1 is 0.542 bits per heavy atom. The quantitative estimate of drug-likeness (QED) is 0.104. The number of benzene rings is 4. The average molecular weight is 647 g/mol. The van der Waals surface area contributed by atoms with E-state index in [0.29, 0.717) is 22.7 Å². The van der Waals surface area contributed by atoms with Crippen LogP contribution in [0.3, 0.4) is 0 Å². The topological polar surface area (TPSA) is 114 Å². The summed E-state index contributed by atoms with van der Waals surface area (Å²) in [6.45, 7) is 10.1. The monoisotopic (exact) mass is 646 g/mol. The third kappa shape index (κ3) is 9.02. The van der Waals surface area contributed by atoms with E-state index in [-0.39, 0.29) is 0 Å². The van der Waals surface area contributed by atoms with Crippen LogP contribution in [0.5, 0.6) is 0 Å². The fraction of sp³-hybridized carbons (Fsp3) is 0.368. The highest BCUT2D eigenvalue weighted by Crippen LogP contribution is 2.31. The van der Waals surface area contributed by atoms with Crippen LogP contribution < -0.4 is 31.1 Å². The Bertz CT molecular complexity index is 1530. The number of hydrogen-bond donors (Lipinski definition) is 2. The number of anilines is 6. The lowest BCUT2D eigenvalue weighted by atomic mass is 10.2. The first-order chi connectivity index (χ1) is 23.3. The van der Waals surface area contributed by atoms with E-state index in [1.165, 1.54) is 11.4 Å². The van der Waals surface area contributed by atoms with E-state index < -0.39 is 0 Å². The summed E-state index contributed by atoms with van der Waals surface area (Å²) < 4.78 is 0. The molecule has 1 saturated heterocycles. The number of piperazine rings is 1. The molecule has 1 fully saturated rings. The first-order valence-electron chi connectivity index (χ1n) is 17.1. The van der Waals surface area contributed by atoms with Gasteiger partial charge in [-0.1, -0.05) is 26.7 Å². The van der Waals surface area contributed by atoms with Crippen LogP contribution in [0.2, 0.25) is 0 Å². The SMILES string of the molecule is CCCCN(C)c1ccc(N=Nc2ccc(N3CCN(c4ccc(N=Nc5ccc(N(C)CCCC)cc5N)cc4)CC3)cc2)c(N)c1. The van der Waals surface area contributed by atoms with Crippen molar-refractivity contribution in [2.24, 2.45) is 20.5 Å². The zero-order chi connectivity index (χ0) is 33.9. The van der Waals surface area contributed by atoms with Gasteiger partial charge in [0.15, 0.2) is 0 Å². The van der Waals surface area contributed by atoms with Gasteiger partial charge in [-0.2, -0.15) is 10.2 Å². The van der Waals surface area contributed by atoms with Gasteiger partial charge in [0.25, 0.3) is 0 Å². The van der Waals surface area contributed by atoms with E-state index in [1.54, 1.807) is 0 Å². The van der Waals surface area contributed by atoms with Gasteiger partial charge >= 0.3 is 0 Å². The molecule has 252 valence electrons. The second kappa shape index (κ2) is 16.6. The van der Waals surface area contributed by atoms with Gasteiger partial charge in [0.05, 0.1) is 22.7 Å². The minimum Gasteiger partial charge on any atom is -0.397 e. The van der Waals surface area contributed by atoms with Crippen molar-refractivity contribution >= 4 is 56.9 Å². The van der Waals surface area contributed by atoms with E-state index in [9.17, 15) is 0 Å². The second-order valence-electron chi connectivity index (χ2n) is 12.4. The van der Waals surface area contributed by atoms with Gasteiger partial charge < -0.3 is 31.1 Å². The van der Waals surface area contributed by atoms with Crippen molar-refractivity contribution in [2.45, 2.75) is 39.5 Å². The average Bonchev–Trinajstić information content (AvgIpc) is 3.12. The lowest BCUT2D eigenvalue weighted by Crippen LogP contribution is -2.46. The third-order valence-electron chi connectivity index (χ3n) is 8.85. The molecule has 0 spiro atoms. The molecule has 1 aliphatic heterocycles. The maximum atomic E-state index is 6.29. The summed E-state index contributed by atoms with van der Waals surface area (Å²) in [5.74, 6) is 0. The van der Waals surface area contributed by atoms with Crippen molar-refractivity contribution in [2.75, 3.05) is 84.4 Å². The van der Waals surface area contributed by atoms with Crippen LogP contribution in [0.4, 0.5) is 56.9 Å². The van der Waals surface area contributed by atoms with Crippen LogP contribution in [-0.2, 0) is 0 Å². The van der Waals surface area contributed by atoms with Gasteiger partial charge in [0, 0.05) is 76.1 Å². The van der Waals surface area contributed by atoms with Crippen LogP contribution in [0.15, 0.2) is 105 Å². The number of hydrogen-bond acceptors (Lipinski definition) is 10. The van der Waals surface area contributed by atoms with Crippen LogP contribution in [0.1, 0.15) is 39.5 Å². The second-order valence-corrected chi connectivity index (χ2v) is 12.4. The number of nitrogen functional groups attached to an aromatic ring is 2. The molecule has 1 aliphatic rings. The molecule has 0 saturated carbocycles. The Morgan fingerprint density at radius 2 is 0.917 bits per heavy atom. The van der Waals surface area contributed by atoms with Crippen LogP contribution in [0.25, 0.3) is 0 Å². The van der Waals surface area contributed by atoms with Crippen LogP contribution in [0, 0.1) is 0 Å². The summed E-state index contributed by atoms with van der Waals surface area (Å²) in [7, 11) is 4.18. The Hall–Kier alpha value is -5.12. The highest BCUT2D eigenvalue weighted by Gasteiger charge is 2.18. The number of nitrogens with zero attached hydrogens (tertiary/aromatic N) is 8. The summed E-state index contributed by atoms with van der Waals surface area (Å²) in [4.78, 5) is 9.25. The highest BCUT2D eigenvalue weighted by molar-refractivity contribution is 5.70. The fourth-order valence-electron chi connectivity index (χ4n) is 5.70. The molecule has 1 heterocycles. The van der Waals surface area contributed by atoms with Crippen LogP contribution >= 0.6 is 0 Å². The molecule has 0 radical (unpaired) electrons. The van der Waals surface area contributed by atoms with E-state index in [0.717, 1.165) is 87.7 Å². The molecule has 5 rings (SSSR count). The summed E-state index contributed by atoms with van der Waals surface area (Å²) in [5, 5.41) is 17.7. The maximum absolute atomic E-state index is 6.29. The zero-order valence-corrected chi connectivity index (χ0v) is 28.9. The van der Waals surface area contributed by atoms with Crippen molar-refractivity contribution < 1.29 is 0 Å². The molecule has 4 aromatic rings. The van der Waals surface area contributed by atoms with Crippen molar-refractivity contribution in [3.05, 3.63) is 84.9 Å². The maximum Gasteiger partial charge on any atom is 0.109 e. The van der Waals surface area contributed by atoms with E-state index in [4.69, 9.17) is 11.5 Å². The Labute approximate surface area is 285 Å². The molecule has 0 atom stereocenters. The van der Waals surface area contributed by atoms with Crippen molar-refractivity contribution in [3.8, 4) is 0 Å². The zero-order valence-electron chi connectivity index (χ0n) is 28.9. The molecule has 0 aliphatic carbocycles. The molecular weight excluding hydrogens is 596 g/mol. The summed E-state index contributed by atoms with van der Waals surface area (Å²) in [5.41, 5.74) is 21.4. The lowest BCUT2D eigenvalue weighted by Gasteiger charge is -2.37. The molecule has 0 aromatic heterocycles. The first kappa shape index (κ1) is 34.2. The van der Waals surface area contributed by atoms with Gasteiger partial charge in [0.2, 0.25) is 0 Å². The minimum absolute atomic E-state index is 0.630. The van der Waals surface area contributed by atoms with Crippen molar-refractivity contribution in [3.63, 3.8) is 0 Å². The molecule has 4 N–H and O–H groups in total. The molecule has 10 heteroatoms. The first-order valence-corrected chi connectivity index (χ1v) is 17.1. The minimum atomic E-state index is 0.630. The number of rotatable bonds is 14. The predicted octanol–water partition coefficient (Wildman–Crippen LogP) is 9.48.